The molecule has 108 valence electrons. The summed E-state index contributed by atoms with van der Waals surface area (Å²) in [6.07, 6.45) is 7.41. The van der Waals surface area contributed by atoms with Crippen molar-refractivity contribution in [3.8, 4) is 12.3 Å². The molecule has 2 rings (SSSR count). The Bertz CT molecular complexity index is 475. The van der Waals surface area contributed by atoms with Crippen molar-refractivity contribution in [3.05, 3.63) is 0 Å². The lowest BCUT2D eigenvalue weighted by Gasteiger charge is -2.17. The zero-order valence-corrected chi connectivity index (χ0v) is 11.6. The molecular weight excluding hydrogens is 258 g/mol. The van der Waals surface area contributed by atoms with Gasteiger partial charge in [-0.25, -0.2) is 0 Å². The van der Waals surface area contributed by atoms with Gasteiger partial charge in [0.1, 0.15) is 0 Å². The van der Waals surface area contributed by atoms with E-state index in [-0.39, 0.29) is 11.8 Å². The van der Waals surface area contributed by atoms with Crippen molar-refractivity contribution in [2.24, 2.45) is 22.1 Å². The number of nitrogens with zero attached hydrogens (tertiary/aromatic N) is 3. The molecule has 6 heteroatoms. The minimum Gasteiger partial charge on any atom is -0.481 e. The smallest absolute Gasteiger partial charge is 0.308 e. The zero-order chi connectivity index (χ0) is 14.8. The van der Waals surface area contributed by atoms with Crippen LogP contribution >= 0.6 is 0 Å². The third kappa shape index (κ3) is 3.16. The Morgan fingerprint density at radius 1 is 1.40 bits per heavy atom. The number of hydrogen-bond donors (Lipinski definition) is 1. The molecule has 0 bridgehead atoms. The molecule has 0 unspecified atom stereocenters. The predicted molar refractivity (Wildman–Crippen MR) is 71.8 cm³/mol. The fourth-order valence-electron chi connectivity index (χ4n) is 2.63. The first kappa shape index (κ1) is 14.5. The van der Waals surface area contributed by atoms with Gasteiger partial charge in [-0.15, -0.1) is 12.3 Å². The summed E-state index contributed by atoms with van der Waals surface area (Å²) in [5.41, 5.74) is -0.445. The van der Waals surface area contributed by atoms with Gasteiger partial charge in [0.2, 0.25) is 5.91 Å². The van der Waals surface area contributed by atoms with Crippen molar-refractivity contribution in [1.82, 2.24) is 4.90 Å². The van der Waals surface area contributed by atoms with Gasteiger partial charge in [0, 0.05) is 38.8 Å². The van der Waals surface area contributed by atoms with Gasteiger partial charge in [-0.1, -0.05) is 6.92 Å². The van der Waals surface area contributed by atoms with Crippen LogP contribution in [0.15, 0.2) is 10.2 Å². The molecule has 0 radical (unpaired) electrons. The van der Waals surface area contributed by atoms with Gasteiger partial charge < -0.3 is 10.0 Å². The third-order valence-electron chi connectivity index (χ3n) is 4.07. The zero-order valence-electron chi connectivity index (χ0n) is 11.6. The first-order valence-corrected chi connectivity index (χ1v) is 6.85. The molecule has 0 aromatic heterocycles. The average Bonchev–Trinajstić information content (AvgIpc) is 3.07. The molecule has 1 fully saturated rings. The number of rotatable bonds is 6. The molecule has 1 saturated heterocycles. The summed E-state index contributed by atoms with van der Waals surface area (Å²) in [4.78, 5) is 24.8. The van der Waals surface area contributed by atoms with E-state index in [9.17, 15) is 9.59 Å². The van der Waals surface area contributed by atoms with E-state index < -0.39 is 17.6 Å². The van der Waals surface area contributed by atoms with Crippen molar-refractivity contribution in [3.63, 3.8) is 0 Å². The Morgan fingerprint density at radius 2 is 2.10 bits per heavy atom. The molecule has 2 aliphatic heterocycles. The topological polar surface area (TPSA) is 82.3 Å². The molecule has 0 aromatic carbocycles. The van der Waals surface area contributed by atoms with Crippen molar-refractivity contribution >= 4 is 11.9 Å². The number of carboxylic acid groups (broad SMARTS) is 1. The maximum Gasteiger partial charge on any atom is 0.308 e. The first-order valence-electron chi connectivity index (χ1n) is 6.85. The van der Waals surface area contributed by atoms with Crippen LogP contribution in [0.2, 0.25) is 0 Å². The number of carbonyl (C=O) groups excluding carboxylic acids is 1. The molecule has 0 spiro atoms. The Kier molecular flexibility index (Phi) is 4.07. The van der Waals surface area contributed by atoms with Crippen molar-refractivity contribution in [2.75, 3.05) is 13.1 Å². The molecule has 2 aliphatic rings. The fourth-order valence-corrected chi connectivity index (χ4v) is 2.63. The molecule has 1 N–H and O–H groups in total. The van der Waals surface area contributed by atoms with E-state index in [4.69, 9.17) is 11.5 Å². The van der Waals surface area contributed by atoms with Crippen LogP contribution in [0.5, 0.6) is 0 Å². The normalized spacial score (nSPS) is 26.3. The molecule has 20 heavy (non-hydrogen) atoms. The molecule has 0 aliphatic carbocycles. The lowest BCUT2D eigenvalue weighted by atomic mass is 9.99. The molecule has 0 saturated carbocycles. The number of carbonyl (C=O) groups is 2. The highest BCUT2D eigenvalue weighted by atomic mass is 16.4. The second kappa shape index (κ2) is 5.61. The van der Waals surface area contributed by atoms with Gasteiger partial charge in [0.15, 0.2) is 5.66 Å². The van der Waals surface area contributed by atoms with Crippen molar-refractivity contribution < 1.29 is 14.7 Å². The number of hydrogen-bond acceptors (Lipinski definition) is 4. The number of aliphatic carboxylic acids is 1. The summed E-state index contributed by atoms with van der Waals surface area (Å²) in [5, 5.41) is 17.0. The van der Waals surface area contributed by atoms with E-state index in [1.807, 2.05) is 6.92 Å². The van der Waals surface area contributed by atoms with Gasteiger partial charge in [-0.05, 0) is 5.92 Å². The van der Waals surface area contributed by atoms with Gasteiger partial charge in [0.25, 0.3) is 0 Å². The van der Waals surface area contributed by atoms with Crippen LogP contribution in [0.25, 0.3) is 0 Å². The molecule has 6 nitrogen and oxygen atoms in total. The Labute approximate surface area is 118 Å². The van der Waals surface area contributed by atoms with E-state index in [0.717, 1.165) is 0 Å². The van der Waals surface area contributed by atoms with E-state index >= 15 is 0 Å². The average molecular weight is 277 g/mol. The Balaban J connectivity index is 1.79. The van der Waals surface area contributed by atoms with E-state index in [2.05, 4.69) is 16.1 Å². The summed E-state index contributed by atoms with van der Waals surface area (Å²) in [5.74, 6) is 1.25. The molecule has 0 aromatic rings. The van der Waals surface area contributed by atoms with Crippen LogP contribution in [0.3, 0.4) is 0 Å². The number of carboxylic acids is 1. The maximum atomic E-state index is 12.1. The molecule has 2 heterocycles. The third-order valence-corrected chi connectivity index (χ3v) is 4.07. The highest BCUT2D eigenvalue weighted by molar-refractivity contribution is 5.79. The maximum absolute atomic E-state index is 12.1. The summed E-state index contributed by atoms with van der Waals surface area (Å²) in [6, 6.07) is 0. The Morgan fingerprint density at radius 3 is 2.60 bits per heavy atom. The first-order chi connectivity index (χ1) is 9.47. The van der Waals surface area contributed by atoms with Gasteiger partial charge in [-0.2, -0.15) is 10.2 Å². The van der Waals surface area contributed by atoms with Crippen molar-refractivity contribution in [1.29, 1.82) is 0 Å². The summed E-state index contributed by atoms with van der Waals surface area (Å²) >= 11 is 0. The predicted octanol–water partition coefficient (Wildman–Crippen LogP) is 1.52. The number of likely N-dealkylation sites (tertiary alicyclic amines) is 1. The van der Waals surface area contributed by atoms with Gasteiger partial charge in [0.05, 0.1) is 5.92 Å². The molecule has 1 amide bonds. The Hall–Kier alpha value is -1.90. The lowest BCUT2D eigenvalue weighted by Crippen LogP contribution is -2.30. The minimum absolute atomic E-state index is 0.00199. The molecular formula is C14H19N3O3. The standard InChI is InChI=1S/C14H19N3O3/c1-3-4-6-14(15-16-14)7-5-12(18)17-8-10(2)11(9-17)13(19)20/h1,10-11H,4-9H2,2H3,(H,19,20)/t10-,11-/m1/s1. The van der Waals surface area contributed by atoms with Crippen LogP contribution in [0.4, 0.5) is 0 Å². The minimum atomic E-state index is -0.828. The number of amides is 1. The highest BCUT2D eigenvalue weighted by Crippen LogP contribution is 2.38. The van der Waals surface area contributed by atoms with E-state index in [1.54, 1.807) is 4.90 Å². The second-order valence-electron chi connectivity index (χ2n) is 5.61. The van der Waals surface area contributed by atoms with Crippen LogP contribution in [-0.2, 0) is 9.59 Å². The van der Waals surface area contributed by atoms with Crippen LogP contribution in [0.1, 0.15) is 32.6 Å². The quantitative estimate of drug-likeness (QED) is 0.747. The number of terminal acetylenes is 1. The van der Waals surface area contributed by atoms with Crippen LogP contribution in [0, 0.1) is 24.2 Å². The van der Waals surface area contributed by atoms with E-state index in [1.165, 1.54) is 0 Å². The fraction of sp³-hybridized carbons (Fsp3) is 0.714. The van der Waals surface area contributed by atoms with E-state index in [0.29, 0.717) is 38.8 Å². The lowest BCUT2D eigenvalue weighted by molar-refractivity contribution is -0.142. The van der Waals surface area contributed by atoms with Gasteiger partial charge in [-0.3, -0.25) is 9.59 Å². The monoisotopic (exact) mass is 277 g/mol. The summed E-state index contributed by atoms with van der Waals surface area (Å²) < 4.78 is 0. The highest BCUT2D eigenvalue weighted by Gasteiger charge is 2.41. The van der Waals surface area contributed by atoms with Crippen LogP contribution < -0.4 is 0 Å². The second-order valence-corrected chi connectivity index (χ2v) is 5.61. The van der Waals surface area contributed by atoms with Gasteiger partial charge >= 0.3 is 5.97 Å². The van der Waals surface area contributed by atoms with Crippen molar-refractivity contribution in [2.45, 2.75) is 38.3 Å². The van der Waals surface area contributed by atoms with Crippen LogP contribution in [-0.4, -0.2) is 40.6 Å². The molecule has 2 atom stereocenters. The SMILES string of the molecule is C#CCCC1(CCC(=O)N2C[C@@H](C)[C@H](C(=O)O)C2)N=N1. The summed E-state index contributed by atoms with van der Waals surface area (Å²) in [6.45, 7) is 2.69. The largest absolute Gasteiger partial charge is 0.481 e. The summed E-state index contributed by atoms with van der Waals surface area (Å²) in [7, 11) is 0.